The monoisotopic (exact) mass is 362 g/mol. The molecule has 27 heavy (non-hydrogen) atoms. The standard InChI is InChI=1S/C22H26N4O/c1-17(2)22(27)26(14-19-8-6-10-23-13-19)16-21-24-11-12-25(21)15-20-9-5-4-7-18(20)3/h4-13,17H,14-16H2,1-3H3. The van der Waals surface area contributed by atoms with E-state index in [9.17, 15) is 4.79 Å². The molecule has 0 fully saturated rings. The second-order valence-electron chi connectivity index (χ2n) is 7.11. The number of hydrogen-bond acceptors (Lipinski definition) is 3. The van der Waals surface area contributed by atoms with Crippen LogP contribution in [-0.4, -0.2) is 25.3 Å². The second-order valence-corrected chi connectivity index (χ2v) is 7.11. The number of aryl methyl sites for hydroxylation is 1. The number of aromatic nitrogens is 3. The first-order valence-corrected chi connectivity index (χ1v) is 9.27. The molecule has 0 aliphatic rings. The maximum atomic E-state index is 12.8. The average molecular weight is 362 g/mol. The Hall–Kier alpha value is -2.95. The number of carbonyl (C=O) groups is 1. The van der Waals surface area contributed by atoms with Gasteiger partial charge in [-0.3, -0.25) is 9.78 Å². The summed E-state index contributed by atoms with van der Waals surface area (Å²) < 4.78 is 2.12. The van der Waals surface area contributed by atoms with Gasteiger partial charge < -0.3 is 9.47 Å². The lowest BCUT2D eigenvalue weighted by molar-refractivity contribution is -0.135. The van der Waals surface area contributed by atoms with E-state index in [1.807, 2.05) is 43.1 Å². The molecule has 140 valence electrons. The van der Waals surface area contributed by atoms with Gasteiger partial charge in [0.05, 0.1) is 6.54 Å². The summed E-state index contributed by atoms with van der Waals surface area (Å²) >= 11 is 0. The fourth-order valence-corrected chi connectivity index (χ4v) is 3.07. The van der Waals surface area contributed by atoms with Crippen molar-refractivity contribution in [1.29, 1.82) is 0 Å². The number of nitrogens with zero attached hydrogens (tertiary/aromatic N) is 4. The molecule has 0 aliphatic carbocycles. The van der Waals surface area contributed by atoms with Crippen molar-refractivity contribution in [3.63, 3.8) is 0 Å². The van der Waals surface area contributed by atoms with Crippen molar-refractivity contribution < 1.29 is 4.79 Å². The van der Waals surface area contributed by atoms with Crippen LogP contribution >= 0.6 is 0 Å². The molecule has 0 bridgehead atoms. The minimum absolute atomic E-state index is 0.0681. The van der Waals surface area contributed by atoms with E-state index in [1.54, 1.807) is 18.6 Å². The van der Waals surface area contributed by atoms with E-state index >= 15 is 0 Å². The van der Waals surface area contributed by atoms with E-state index in [4.69, 9.17) is 0 Å². The van der Waals surface area contributed by atoms with Gasteiger partial charge in [0.1, 0.15) is 5.82 Å². The zero-order valence-corrected chi connectivity index (χ0v) is 16.2. The highest BCUT2D eigenvalue weighted by Gasteiger charge is 2.20. The highest BCUT2D eigenvalue weighted by molar-refractivity contribution is 5.78. The molecule has 0 saturated heterocycles. The molecule has 2 aromatic heterocycles. The summed E-state index contributed by atoms with van der Waals surface area (Å²) in [5.74, 6) is 0.932. The molecule has 5 nitrogen and oxygen atoms in total. The zero-order valence-electron chi connectivity index (χ0n) is 16.2. The highest BCUT2D eigenvalue weighted by atomic mass is 16.2. The topological polar surface area (TPSA) is 51.0 Å². The highest BCUT2D eigenvalue weighted by Crippen LogP contribution is 2.15. The number of benzene rings is 1. The summed E-state index contributed by atoms with van der Waals surface area (Å²) in [4.78, 5) is 23.3. The Kier molecular flexibility index (Phi) is 6.01. The number of pyridine rings is 1. The summed E-state index contributed by atoms with van der Waals surface area (Å²) in [6, 6.07) is 12.2. The molecule has 0 spiro atoms. The third-order valence-corrected chi connectivity index (χ3v) is 4.64. The van der Waals surface area contributed by atoms with E-state index in [-0.39, 0.29) is 11.8 Å². The molecular weight excluding hydrogens is 336 g/mol. The van der Waals surface area contributed by atoms with Crippen molar-refractivity contribution in [1.82, 2.24) is 19.4 Å². The van der Waals surface area contributed by atoms with E-state index in [2.05, 4.69) is 39.7 Å². The van der Waals surface area contributed by atoms with Crippen molar-refractivity contribution in [2.24, 2.45) is 5.92 Å². The van der Waals surface area contributed by atoms with E-state index in [0.29, 0.717) is 13.1 Å². The Morgan fingerprint density at radius 3 is 2.63 bits per heavy atom. The van der Waals surface area contributed by atoms with Crippen molar-refractivity contribution in [2.45, 2.75) is 40.4 Å². The van der Waals surface area contributed by atoms with Crippen LogP contribution < -0.4 is 0 Å². The molecule has 1 amide bonds. The van der Waals surface area contributed by atoms with Crippen LogP contribution in [0.3, 0.4) is 0 Å². The Balaban J connectivity index is 1.81. The summed E-state index contributed by atoms with van der Waals surface area (Å²) in [5.41, 5.74) is 3.52. The van der Waals surface area contributed by atoms with E-state index in [1.165, 1.54) is 11.1 Å². The fourth-order valence-electron chi connectivity index (χ4n) is 3.07. The molecule has 5 heteroatoms. The summed E-state index contributed by atoms with van der Waals surface area (Å²) in [6.07, 6.45) is 7.33. The van der Waals surface area contributed by atoms with Crippen molar-refractivity contribution >= 4 is 5.91 Å². The van der Waals surface area contributed by atoms with Crippen LogP contribution in [0, 0.1) is 12.8 Å². The number of carbonyl (C=O) groups excluding carboxylic acids is 1. The lowest BCUT2D eigenvalue weighted by Crippen LogP contribution is -2.34. The zero-order chi connectivity index (χ0) is 19.2. The molecule has 0 radical (unpaired) electrons. The SMILES string of the molecule is Cc1ccccc1Cn1ccnc1CN(Cc1cccnc1)C(=O)C(C)C. The first-order chi connectivity index (χ1) is 13.0. The normalized spacial score (nSPS) is 11.0. The molecule has 2 heterocycles. The van der Waals surface area contributed by atoms with Gasteiger partial charge in [0, 0.05) is 43.8 Å². The molecule has 0 unspecified atom stereocenters. The number of rotatable bonds is 7. The van der Waals surface area contributed by atoms with E-state index in [0.717, 1.165) is 17.9 Å². The lowest BCUT2D eigenvalue weighted by atomic mass is 10.1. The number of hydrogen-bond donors (Lipinski definition) is 0. The Morgan fingerprint density at radius 1 is 1.11 bits per heavy atom. The van der Waals surface area contributed by atoms with Gasteiger partial charge in [-0.05, 0) is 29.7 Å². The Morgan fingerprint density at radius 2 is 1.93 bits per heavy atom. The van der Waals surface area contributed by atoms with Crippen LogP contribution in [0.2, 0.25) is 0 Å². The largest absolute Gasteiger partial charge is 0.331 e. The van der Waals surface area contributed by atoms with Crippen molar-refractivity contribution in [3.05, 3.63) is 83.7 Å². The molecule has 0 aliphatic heterocycles. The van der Waals surface area contributed by atoms with Gasteiger partial charge in [-0.1, -0.05) is 44.2 Å². The van der Waals surface area contributed by atoms with Gasteiger partial charge >= 0.3 is 0 Å². The van der Waals surface area contributed by atoms with Crippen LogP contribution in [0.1, 0.15) is 36.4 Å². The smallest absolute Gasteiger partial charge is 0.225 e. The van der Waals surface area contributed by atoms with Gasteiger partial charge in [-0.2, -0.15) is 0 Å². The Bertz CT molecular complexity index is 886. The van der Waals surface area contributed by atoms with Gasteiger partial charge in [0.25, 0.3) is 0 Å². The molecule has 1 aromatic carbocycles. The third kappa shape index (κ3) is 4.82. The number of imidazole rings is 1. The quantitative estimate of drug-likeness (QED) is 0.642. The second kappa shape index (κ2) is 8.62. The summed E-state index contributed by atoms with van der Waals surface area (Å²) in [7, 11) is 0. The molecule has 0 N–H and O–H groups in total. The van der Waals surface area contributed by atoms with Crippen LogP contribution in [-0.2, 0) is 24.4 Å². The summed E-state index contributed by atoms with van der Waals surface area (Å²) in [5, 5.41) is 0. The lowest BCUT2D eigenvalue weighted by Gasteiger charge is -2.25. The molecular formula is C22H26N4O. The molecule has 3 rings (SSSR count). The first-order valence-electron chi connectivity index (χ1n) is 9.27. The minimum Gasteiger partial charge on any atom is -0.331 e. The maximum absolute atomic E-state index is 12.8. The van der Waals surface area contributed by atoms with Gasteiger partial charge in [-0.15, -0.1) is 0 Å². The van der Waals surface area contributed by atoms with Crippen LogP contribution in [0.5, 0.6) is 0 Å². The van der Waals surface area contributed by atoms with E-state index < -0.39 is 0 Å². The van der Waals surface area contributed by atoms with Crippen LogP contribution in [0.15, 0.2) is 61.2 Å². The third-order valence-electron chi connectivity index (χ3n) is 4.64. The maximum Gasteiger partial charge on any atom is 0.225 e. The molecule has 0 atom stereocenters. The van der Waals surface area contributed by atoms with Crippen molar-refractivity contribution in [2.75, 3.05) is 0 Å². The minimum atomic E-state index is -0.0681. The van der Waals surface area contributed by atoms with Gasteiger partial charge in [0.2, 0.25) is 5.91 Å². The predicted octanol–water partition coefficient (Wildman–Crippen LogP) is 3.82. The van der Waals surface area contributed by atoms with Crippen molar-refractivity contribution in [3.8, 4) is 0 Å². The van der Waals surface area contributed by atoms with Crippen LogP contribution in [0.25, 0.3) is 0 Å². The first kappa shape index (κ1) is 18.8. The van der Waals surface area contributed by atoms with Gasteiger partial charge in [-0.25, -0.2) is 4.98 Å². The average Bonchev–Trinajstić information content (AvgIpc) is 3.10. The molecule has 0 saturated carbocycles. The van der Waals surface area contributed by atoms with Crippen LogP contribution in [0.4, 0.5) is 0 Å². The predicted molar refractivity (Wildman–Crippen MR) is 106 cm³/mol. The molecule has 3 aromatic rings. The fraction of sp³-hybridized carbons (Fsp3) is 0.318. The summed E-state index contributed by atoms with van der Waals surface area (Å²) in [6.45, 7) is 7.73. The number of amides is 1. The Labute approximate surface area is 160 Å². The van der Waals surface area contributed by atoms with Gasteiger partial charge in [0.15, 0.2) is 0 Å².